The molecule has 1 heterocycles. The largest absolute Gasteiger partial charge is 0.356 e. The molecule has 2 N–H and O–H groups in total. The molecule has 0 spiro atoms. The minimum Gasteiger partial charge on any atom is -0.356 e. The van der Waals surface area contributed by atoms with Gasteiger partial charge in [0.1, 0.15) is 5.82 Å². The smallest absolute Gasteiger partial charge is 0.190 e. The number of halogens is 2. The number of aromatic nitrogens is 2. The standard InChI is InChI=1S/C23H28FN5.HI/c1-18-20(17-29(28-18)22-8-4-3-5-9-22)7-6-15-26-23(25-2)27-16-14-19-10-12-21(24)13-11-19;/h3-5,8-13,17H,6-7,14-16H2,1-2H3,(H2,25,26,27);1H. The highest BCUT2D eigenvalue weighted by Gasteiger charge is 2.06. The molecule has 3 rings (SSSR count). The van der Waals surface area contributed by atoms with Crippen LogP contribution in [0.15, 0.2) is 65.8 Å². The third-order valence-corrected chi connectivity index (χ3v) is 4.78. The molecule has 0 aliphatic carbocycles. The number of para-hydroxylation sites is 1. The van der Waals surface area contributed by atoms with Crippen molar-refractivity contribution in [1.29, 1.82) is 0 Å². The second-order valence-corrected chi connectivity index (χ2v) is 6.93. The van der Waals surface area contributed by atoms with Crippen molar-refractivity contribution in [2.75, 3.05) is 20.1 Å². The van der Waals surface area contributed by atoms with Crippen molar-refractivity contribution in [3.63, 3.8) is 0 Å². The first-order valence-corrected chi connectivity index (χ1v) is 9.95. The Kier molecular flexibility index (Phi) is 9.79. The maximum absolute atomic E-state index is 12.9. The van der Waals surface area contributed by atoms with Crippen molar-refractivity contribution < 1.29 is 4.39 Å². The van der Waals surface area contributed by atoms with E-state index in [1.54, 1.807) is 7.05 Å². The third-order valence-electron chi connectivity index (χ3n) is 4.78. The minimum absolute atomic E-state index is 0. The van der Waals surface area contributed by atoms with Gasteiger partial charge in [0.15, 0.2) is 5.96 Å². The van der Waals surface area contributed by atoms with Crippen molar-refractivity contribution >= 4 is 29.9 Å². The number of benzene rings is 2. The van der Waals surface area contributed by atoms with Crippen LogP contribution in [0.1, 0.15) is 23.2 Å². The summed E-state index contributed by atoms with van der Waals surface area (Å²) in [5, 5.41) is 11.3. The Hall–Kier alpha value is -2.42. The van der Waals surface area contributed by atoms with E-state index in [0.29, 0.717) is 0 Å². The summed E-state index contributed by atoms with van der Waals surface area (Å²) in [5.41, 5.74) is 4.50. The van der Waals surface area contributed by atoms with Gasteiger partial charge in [-0.15, -0.1) is 24.0 Å². The first-order valence-electron chi connectivity index (χ1n) is 9.95. The van der Waals surface area contributed by atoms with E-state index in [1.807, 2.05) is 35.0 Å². The van der Waals surface area contributed by atoms with Crippen molar-refractivity contribution in [3.05, 3.63) is 83.4 Å². The zero-order valence-electron chi connectivity index (χ0n) is 17.4. The van der Waals surface area contributed by atoms with Crippen LogP contribution < -0.4 is 10.6 Å². The summed E-state index contributed by atoms with van der Waals surface area (Å²) in [5.74, 6) is 0.576. The van der Waals surface area contributed by atoms with E-state index in [9.17, 15) is 4.39 Å². The van der Waals surface area contributed by atoms with Crippen LogP contribution in [0, 0.1) is 12.7 Å². The predicted molar refractivity (Wildman–Crippen MR) is 132 cm³/mol. The van der Waals surface area contributed by atoms with Crippen LogP contribution in [0.4, 0.5) is 4.39 Å². The topological polar surface area (TPSA) is 54.2 Å². The molecule has 7 heteroatoms. The Bertz CT molecular complexity index is 923. The van der Waals surface area contributed by atoms with Crippen LogP contribution >= 0.6 is 24.0 Å². The van der Waals surface area contributed by atoms with Crippen LogP contribution in [-0.2, 0) is 12.8 Å². The molecule has 0 saturated heterocycles. The summed E-state index contributed by atoms with van der Waals surface area (Å²) >= 11 is 0. The first-order chi connectivity index (χ1) is 14.2. The summed E-state index contributed by atoms with van der Waals surface area (Å²) in [6.07, 6.45) is 4.87. The molecule has 5 nitrogen and oxygen atoms in total. The third kappa shape index (κ3) is 7.12. The highest BCUT2D eigenvalue weighted by Crippen LogP contribution is 2.13. The van der Waals surface area contributed by atoms with Gasteiger partial charge in [-0.2, -0.15) is 5.10 Å². The van der Waals surface area contributed by atoms with Gasteiger partial charge in [-0.25, -0.2) is 9.07 Å². The Balaban J connectivity index is 0.00000320. The fourth-order valence-electron chi connectivity index (χ4n) is 3.14. The van der Waals surface area contributed by atoms with Crippen molar-refractivity contribution in [2.45, 2.75) is 26.2 Å². The molecule has 0 radical (unpaired) electrons. The van der Waals surface area contributed by atoms with Gasteiger partial charge in [0.05, 0.1) is 11.4 Å². The highest BCUT2D eigenvalue weighted by molar-refractivity contribution is 14.0. The lowest BCUT2D eigenvalue weighted by Crippen LogP contribution is -2.38. The number of guanidine groups is 1. The van der Waals surface area contributed by atoms with E-state index >= 15 is 0 Å². The fraction of sp³-hybridized carbons (Fsp3) is 0.304. The molecule has 0 bridgehead atoms. The first kappa shape index (κ1) is 23.9. The van der Waals surface area contributed by atoms with Gasteiger partial charge in [-0.3, -0.25) is 4.99 Å². The molecule has 30 heavy (non-hydrogen) atoms. The Morgan fingerprint density at radius 2 is 1.70 bits per heavy atom. The summed E-state index contributed by atoms with van der Waals surface area (Å²) in [6, 6.07) is 16.8. The van der Waals surface area contributed by atoms with Gasteiger partial charge < -0.3 is 10.6 Å². The van der Waals surface area contributed by atoms with E-state index in [-0.39, 0.29) is 29.8 Å². The monoisotopic (exact) mass is 521 g/mol. The van der Waals surface area contributed by atoms with Crippen LogP contribution in [-0.4, -0.2) is 35.9 Å². The van der Waals surface area contributed by atoms with Crippen LogP contribution in [0.3, 0.4) is 0 Å². The normalized spacial score (nSPS) is 11.1. The molecule has 0 amide bonds. The number of nitrogens with one attached hydrogen (secondary N) is 2. The second-order valence-electron chi connectivity index (χ2n) is 6.93. The van der Waals surface area contributed by atoms with Gasteiger partial charge in [0.2, 0.25) is 0 Å². The van der Waals surface area contributed by atoms with Crippen LogP contribution in [0.25, 0.3) is 5.69 Å². The minimum atomic E-state index is -0.205. The molecule has 2 aromatic carbocycles. The second kappa shape index (κ2) is 12.3. The van der Waals surface area contributed by atoms with E-state index in [2.05, 4.69) is 46.0 Å². The zero-order valence-corrected chi connectivity index (χ0v) is 19.8. The van der Waals surface area contributed by atoms with Gasteiger partial charge in [-0.1, -0.05) is 30.3 Å². The Labute approximate surface area is 194 Å². The lowest BCUT2D eigenvalue weighted by molar-refractivity contribution is 0.626. The lowest BCUT2D eigenvalue weighted by atomic mass is 10.1. The summed E-state index contributed by atoms with van der Waals surface area (Å²) in [4.78, 5) is 4.26. The number of hydrogen-bond acceptors (Lipinski definition) is 2. The molecule has 0 atom stereocenters. The molecule has 1 aromatic heterocycles. The van der Waals surface area contributed by atoms with Crippen molar-refractivity contribution in [3.8, 4) is 5.69 Å². The van der Waals surface area contributed by atoms with Crippen molar-refractivity contribution in [1.82, 2.24) is 20.4 Å². The van der Waals surface area contributed by atoms with E-state index < -0.39 is 0 Å². The summed E-state index contributed by atoms with van der Waals surface area (Å²) < 4.78 is 14.9. The number of nitrogens with zero attached hydrogens (tertiary/aromatic N) is 3. The number of rotatable bonds is 8. The summed E-state index contributed by atoms with van der Waals surface area (Å²) in [6.45, 7) is 3.62. The molecular weight excluding hydrogens is 492 g/mol. The lowest BCUT2D eigenvalue weighted by Gasteiger charge is -2.11. The van der Waals surface area contributed by atoms with E-state index in [1.165, 1.54) is 17.7 Å². The zero-order chi connectivity index (χ0) is 20.5. The molecule has 0 saturated carbocycles. The van der Waals surface area contributed by atoms with Gasteiger partial charge >= 0.3 is 0 Å². The quantitative estimate of drug-likeness (QED) is 0.202. The van der Waals surface area contributed by atoms with Crippen molar-refractivity contribution in [2.24, 2.45) is 4.99 Å². The van der Waals surface area contributed by atoms with Gasteiger partial charge in [0.25, 0.3) is 0 Å². The molecule has 3 aromatic rings. The fourth-order valence-corrected chi connectivity index (χ4v) is 3.14. The number of aliphatic imine (C=N–C) groups is 1. The average molecular weight is 521 g/mol. The van der Waals surface area contributed by atoms with Gasteiger partial charge in [0, 0.05) is 26.3 Å². The average Bonchev–Trinajstić information content (AvgIpc) is 3.12. The Morgan fingerprint density at radius 3 is 2.40 bits per heavy atom. The molecular formula is C23H29FIN5. The van der Waals surface area contributed by atoms with Crippen LogP contribution in [0.2, 0.25) is 0 Å². The molecule has 0 unspecified atom stereocenters. The molecule has 0 fully saturated rings. The highest BCUT2D eigenvalue weighted by atomic mass is 127. The molecule has 0 aliphatic rings. The number of hydrogen-bond donors (Lipinski definition) is 2. The van der Waals surface area contributed by atoms with Crippen LogP contribution in [0.5, 0.6) is 0 Å². The maximum atomic E-state index is 12.9. The molecule has 0 aliphatic heterocycles. The predicted octanol–water partition coefficient (Wildman–Crippen LogP) is 4.28. The summed E-state index contributed by atoms with van der Waals surface area (Å²) in [7, 11) is 1.77. The SMILES string of the molecule is CN=C(NCCCc1cn(-c2ccccc2)nc1C)NCCc1ccc(F)cc1.I. The van der Waals surface area contributed by atoms with Gasteiger partial charge in [-0.05, 0) is 61.6 Å². The van der Waals surface area contributed by atoms with E-state index in [0.717, 1.165) is 55.3 Å². The number of aryl methyl sites for hydroxylation is 2. The maximum Gasteiger partial charge on any atom is 0.190 e. The Morgan fingerprint density at radius 1 is 1.00 bits per heavy atom. The van der Waals surface area contributed by atoms with E-state index in [4.69, 9.17) is 0 Å². The molecule has 160 valence electrons.